The van der Waals surface area contributed by atoms with Crippen molar-refractivity contribution in [1.82, 2.24) is 5.32 Å². The highest BCUT2D eigenvalue weighted by Crippen LogP contribution is 2.18. The van der Waals surface area contributed by atoms with Crippen molar-refractivity contribution in [3.05, 3.63) is 36.5 Å². The third kappa shape index (κ3) is 63.3. The first-order valence-corrected chi connectivity index (χ1v) is 35.2. The van der Waals surface area contributed by atoms with E-state index in [1.165, 1.54) is 302 Å². The average molecular weight is 1100 g/mol. The minimum Gasteiger partial charge on any atom is -0.466 e. The summed E-state index contributed by atoms with van der Waals surface area (Å²) < 4.78 is 5.50. The monoisotopic (exact) mass is 1100 g/mol. The molecule has 0 saturated heterocycles. The summed E-state index contributed by atoms with van der Waals surface area (Å²) in [5.41, 5.74) is 0. The van der Waals surface area contributed by atoms with Crippen LogP contribution in [0.25, 0.3) is 0 Å². The zero-order valence-corrected chi connectivity index (χ0v) is 52.7. The summed E-state index contributed by atoms with van der Waals surface area (Å²) in [5.74, 6) is -0.0330. The Bertz CT molecular complexity index is 1260. The highest BCUT2D eigenvalue weighted by atomic mass is 16.5. The average Bonchev–Trinajstić information content (AvgIpc) is 3.44. The lowest BCUT2D eigenvalue weighted by Gasteiger charge is -2.22. The number of amides is 1. The van der Waals surface area contributed by atoms with Crippen molar-refractivity contribution >= 4 is 11.9 Å². The molecule has 460 valence electrons. The highest BCUT2D eigenvalue weighted by molar-refractivity contribution is 5.76. The summed E-state index contributed by atoms with van der Waals surface area (Å²) in [6.45, 7) is 4.96. The molecule has 0 rings (SSSR count). The third-order valence-corrected chi connectivity index (χ3v) is 16.4. The summed E-state index contributed by atoms with van der Waals surface area (Å²) in [6.07, 6.45) is 86.1. The number of carbonyl (C=O) groups excluding carboxylic acids is 2. The number of nitrogens with one attached hydrogen (secondary N) is 1. The molecule has 78 heavy (non-hydrogen) atoms. The fourth-order valence-electron chi connectivity index (χ4n) is 11.0. The van der Waals surface area contributed by atoms with Crippen LogP contribution in [0.3, 0.4) is 0 Å². The van der Waals surface area contributed by atoms with Crippen LogP contribution in [-0.2, 0) is 14.3 Å². The number of carbonyl (C=O) groups is 2. The van der Waals surface area contributed by atoms with E-state index in [2.05, 4.69) is 55.6 Å². The van der Waals surface area contributed by atoms with Crippen LogP contribution in [0.15, 0.2) is 36.5 Å². The molecule has 0 aliphatic rings. The smallest absolute Gasteiger partial charge is 0.305 e. The second-order valence-electron chi connectivity index (χ2n) is 24.2. The number of ether oxygens (including phenoxy) is 1. The lowest BCUT2D eigenvalue weighted by atomic mass is 10.0. The van der Waals surface area contributed by atoms with Gasteiger partial charge in [0.05, 0.1) is 25.4 Å². The molecule has 3 N–H and O–H groups in total. The van der Waals surface area contributed by atoms with Crippen molar-refractivity contribution in [3.63, 3.8) is 0 Å². The second kappa shape index (κ2) is 67.6. The maximum atomic E-state index is 12.5. The van der Waals surface area contributed by atoms with E-state index in [0.717, 1.165) is 51.4 Å². The van der Waals surface area contributed by atoms with E-state index >= 15 is 0 Å². The molecule has 0 aromatic rings. The molecular weight excluding hydrogens is 959 g/mol. The van der Waals surface area contributed by atoms with Crippen LogP contribution in [0, 0.1) is 0 Å². The number of aliphatic hydroxyl groups is 2. The standard InChI is InChI=1S/C72H137NO5/c1-3-5-7-9-11-13-15-17-19-21-23-29-32-36-40-44-48-52-56-60-64-70(75)69(68-74)73-71(76)65-61-57-53-49-45-41-37-33-30-27-25-24-26-28-31-35-39-43-47-51-55-59-63-67-78-72(77)66-62-58-54-50-46-42-38-34-22-20-18-16-14-12-10-8-6-4-2/h14,16,20,22,27,30,69-70,74-75H,3-13,15,17-19,21,23-26,28-29,31-68H2,1-2H3,(H,73,76)/b16-14-,22-20-,30-27-. The second-order valence-corrected chi connectivity index (χ2v) is 24.2. The first-order valence-electron chi connectivity index (χ1n) is 35.2. The molecule has 0 aromatic heterocycles. The number of rotatable bonds is 66. The van der Waals surface area contributed by atoms with E-state index in [4.69, 9.17) is 4.74 Å². The Morgan fingerprint density at radius 2 is 0.641 bits per heavy atom. The SMILES string of the molecule is CCCCCC/C=C\C/C=C\CCCCCCCCCC(=O)OCCCCCCCCCCCCCC/C=C\CCCCCCCCCC(=O)NC(CO)C(O)CCCCCCCCCCCCCCCCCCCCCC. The molecule has 0 aliphatic carbocycles. The van der Waals surface area contributed by atoms with E-state index in [9.17, 15) is 19.8 Å². The Labute approximate surface area is 487 Å². The lowest BCUT2D eigenvalue weighted by Crippen LogP contribution is -2.45. The number of aliphatic hydroxyl groups excluding tert-OH is 2. The number of hydrogen-bond acceptors (Lipinski definition) is 5. The Balaban J connectivity index is 3.41. The van der Waals surface area contributed by atoms with Crippen LogP contribution < -0.4 is 5.32 Å². The highest BCUT2D eigenvalue weighted by Gasteiger charge is 2.20. The molecule has 0 bridgehead atoms. The number of esters is 1. The van der Waals surface area contributed by atoms with E-state index in [-0.39, 0.29) is 18.5 Å². The molecule has 0 fully saturated rings. The Kier molecular flexibility index (Phi) is 65.9. The van der Waals surface area contributed by atoms with Gasteiger partial charge in [0.2, 0.25) is 5.91 Å². The van der Waals surface area contributed by atoms with Gasteiger partial charge in [-0.3, -0.25) is 9.59 Å². The normalized spacial score (nSPS) is 12.7. The molecule has 0 spiro atoms. The Hall–Kier alpha value is -1.92. The van der Waals surface area contributed by atoms with E-state index in [1.54, 1.807) is 0 Å². The first kappa shape index (κ1) is 76.1. The van der Waals surface area contributed by atoms with Gasteiger partial charge in [0.25, 0.3) is 0 Å². The van der Waals surface area contributed by atoms with Gasteiger partial charge in [-0.25, -0.2) is 0 Å². The fraction of sp³-hybridized carbons (Fsp3) is 0.889. The van der Waals surface area contributed by atoms with Gasteiger partial charge >= 0.3 is 5.97 Å². The van der Waals surface area contributed by atoms with Crippen LogP contribution in [0.1, 0.15) is 386 Å². The quantitative estimate of drug-likeness (QED) is 0.0320. The van der Waals surface area contributed by atoms with Crippen molar-refractivity contribution in [2.45, 2.75) is 398 Å². The van der Waals surface area contributed by atoms with E-state index < -0.39 is 12.1 Å². The van der Waals surface area contributed by atoms with Crippen molar-refractivity contribution in [3.8, 4) is 0 Å². The molecule has 1 amide bonds. The van der Waals surface area contributed by atoms with Gasteiger partial charge in [-0.1, -0.05) is 326 Å². The fourth-order valence-corrected chi connectivity index (χ4v) is 11.0. The summed E-state index contributed by atoms with van der Waals surface area (Å²) >= 11 is 0. The molecule has 0 aliphatic heterocycles. The minimum atomic E-state index is -0.670. The van der Waals surface area contributed by atoms with Gasteiger partial charge in [0.1, 0.15) is 0 Å². The number of allylic oxidation sites excluding steroid dienone is 6. The predicted octanol–water partition coefficient (Wildman–Crippen LogP) is 22.7. The minimum absolute atomic E-state index is 0.00481. The molecule has 2 atom stereocenters. The Morgan fingerprint density at radius 1 is 0.359 bits per heavy atom. The van der Waals surface area contributed by atoms with Gasteiger partial charge in [-0.15, -0.1) is 0 Å². The van der Waals surface area contributed by atoms with E-state index in [1.807, 2.05) is 0 Å². The molecular formula is C72H137NO5. The van der Waals surface area contributed by atoms with E-state index in [0.29, 0.717) is 25.9 Å². The Morgan fingerprint density at radius 3 is 1.00 bits per heavy atom. The maximum absolute atomic E-state index is 12.5. The predicted molar refractivity (Wildman–Crippen MR) is 343 cm³/mol. The third-order valence-electron chi connectivity index (χ3n) is 16.4. The summed E-state index contributed by atoms with van der Waals surface area (Å²) in [6, 6.07) is -0.547. The number of hydrogen-bond donors (Lipinski definition) is 3. The van der Waals surface area contributed by atoms with Crippen molar-refractivity contribution < 1.29 is 24.5 Å². The van der Waals surface area contributed by atoms with Crippen molar-refractivity contribution in [2.24, 2.45) is 0 Å². The molecule has 6 heteroatoms. The van der Waals surface area contributed by atoms with Gasteiger partial charge in [-0.05, 0) is 83.5 Å². The van der Waals surface area contributed by atoms with Crippen molar-refractivity contribution in [1.29, 1.82) is 0 Å². The first-order chi connectivity index (χ1) is 38.5. The number of unbranched alkanes of at least 4 members (excludes halogenated alkanes) is 49. The zero-order valence-electron chi connectivity index (χ0n) is 52.7. The summed E-state index contributed by atoms with van der Waals surface area (Å²) in [7, 11) is 0. The largest absolute Gasteiger partial charge is 0.466 e. The summed E-state index contributed by atoms with van der Waals surface area (Å²) in [5, 5.41) is 23.4. The maximum Gasteiger partial charge on any atom is 0.305 e. The molecule has 0 heterocycles. The molecule has 2 unspecified atom stereocenters. The molecule has 0 aromatic carbocycles. The lowest BCUT2D eigenvalue weighted by molar-refractivity contribution is -0.143. The summed E-state index contributed by atoms with van der Waals surface area (Å²) in [4.78, 5) is 24.6. The zero-order chi connectivity index (χ0) is 56.4. The van der Waals surface area contributed by atoms with Crippen LogP contribution in [0.4, 0.5) is 0 Å². The van der Waals surface area contributed by atoms with Gasteiger partial charge in [0, 0.05) is 12.8 Å². The van der Waals surface area contributed by atoms with Gasteiger partial charge in [0.15, 0.2) is 0 Å². The van der Waals surface area contributed by atoms with Crippen molar-refractivity contribution in [2.75, 3.05) is 13.2 Å². The molecule has 0 radical (unpaired) electrons. The van der Waals surface area contributed by atoms with Gasteiger partial charge in [-0.2, -0.15) is 0 Å². The van der Waals surface area contributed by atoms with Gasteiger partial charge < -0.3 is 20.3 Å². The van der Waals surface area contributed by atoms with Crippen LogP contribution in [0.2, 0.25) is 0 Å². The van der Waals surface area contributed by atoms with Crippen LogP contribution in [0.5, 0.6) is 0 Å². The molecule has 6 nitrogen and oxygen atoms in total. The van der Waals surface area contributed by atoms with Crippen LogP contribution >= 0.6 is 0 Å². The molecule has 0 saturated carbocycles. The topological polar surface area (TPSA) is 95.9 Å². The van der Waals surface area contributed by atoms with Crippen LogP contribution in [-0.4, -0.2) is 47.4 Å².